The first-order valence-corrected chi connectivity index (χ1v) is 9.51. The molecule has 6 heteroatoms. The van der Waals surface area contributed by atoms with E-state index in [0.717, 1.165) is 19.6 Å². The Morgan fingerprint density at radius 1 is 1.25 bits per heavy atom. The van der Waals surface area contributed by atoms with Crippen LogP contribution in [0.25, 0.3) is 0 Å². The molecule has 2 saturated heterocycles. The number of likely N-dealkylation sites (tertiary alicyclic amines) is 1. The molecular weight excluding hydrogens is 322 g/mol. The minimum absolute atomic E-state index is 0.0476. The topological polar surface area (TPSA) is 61.4 Å². The number of rotatable bonds is 4. The van der Waals surface area contributed by atoms with Crippen LogP contribution in [0.1, 0.15) is 19.4 Å². The van der Waals surface area contributed by atoms with E-state index in [0.29, 0.717) is 17.6 Å². The second-order valence-corrected chi connectivity index (χ2v) is 7.96. The molecule has 0 aliphatic carbocycles. The van der Waals surface area contributed by atoms with Crippen LogP contribution in [0.2, 0.25) is 0 Å². The van der Waals surface area contributed by atoms with E-state index in [1.54, 1.807) is 0 Å². The second-order valence-electron chi connectivity index (χ2n) is 6.96. The molecular formula is C18H25N3O2S. The Balaban J connectivity index is 1.55. The molecule has 2 fully saturated rings. The second kappa shape index (κ2) is 7.57. The van der Waals surface area contributed by atoms with Crippen LogP contribution in [0.3, 0.4) is 0 Å². The van der Waals surface area contributed by atoms with Crippen molar-refractivity contribution in [2.75, 3.05) is 18.8 Å². The highest BCUT2D eigenvalue weighted by Gasteiger charge is 2.36. The maximum Gasteiger partial charge on any atom is 0.279 e. The molecule has 2 N–H and O–H groups in total. The van der Waals surface area contributed by atoms with Gasteiger partial charge in [0.15, 0.2) is 0 Å². The minimum atomic E-state index is -0.385. The highest BCUT2D eigenvalue weighted by molar-refractivity contribution is 8.14. The number of hydrogen-bond acceptors (Lipinski definition) is 4. The number of carbonyl (C=O) groups excluding carboxylic acids is 2. The van der Waals surface area contributed by atoms with Crippen molar-refractivity contribution in [2.45, 2.75) is 32.5 Å². The smallest absolute Gasteiger partial charge is 0.279 e. The largest absolute Gasteiger partial charge is 0.351 e. The lowest BCUT2D eigenvalue weighted by molar-refractivity contribution is -0.124. The molecule has 130 valence electrons. The fourth-order valence-corrected chi connectivity index (χ4v) is 4.50. The third-order valence-electron chi connectivity index (χ3n) is 4.87. The lowest BCUT2D eigenvalue weighted by atomic mass is 9.85. The number of amides is 2. The zero-order valence-corrected chi connectivity index (χ0v) is 15.0. The lowest BCUT2D eigenvalue weighted by Gasteiger charge is -2.42. The number of benzene rings is 1. The predicted octanol–water partition coefficient (Wildman–Crippen LogP) is 2.08. The summed E-state index contributed by atoms with van der Waals surface area (Å²) < 4.78 is 0. The summed E-state index contributed by atoms with van der Waals surface area (Å²) in [6, 6.07) is 10.3. The average Bonchev–Trinajstić information content (AvgIpc) is 2.98. The van der Waals surface area contributed by atoms with Crippen LogP contribution < -0.4 is 10.6 Å². The average molecular weight is 347 g/mol. The van der Waals surface area contributed by atoms with Gasteiger partial charge in [0.05, 0.1) is 0 Å². The van der Waals surface area contributed by atoms with Crippen LogP contribution in [0.5, 0.6) is 0 Å². The summed E-state index contributed by atoms with van der Waals surface area (Å²) in [6.07, 6.45) is 0. The predicted molar refractivity (Wildman–Crippen MR) is 96.8 cm³/mol. The Bertz CT molecular complexity index is 583. The first-order valence-electron chi connectivity index (χ1n) is 8.53. The summed E-state index contributed by atoms with van der Waals surface area (Å²) in [7, 11) is 0. The van der Waals surface area contributed by atoms with E-state index in [4.69, 9.17) is 0 Å². The van der Waals surface area contributed by atoms with Crippen molar-refractivity contribution in [3.63, 3.8) is 0 Å². The molecule has 24 heavy (non-hydrogen) atoms. The van der Waals surface area contributed by atoms with Gasteiger partial charge in [-0.25, -0.2) is 0 Å². The number of carbonyl (C=O) groups is 2. The Labute approximate surface area is 147 Å². The zero-order valence-electron chi connectivity index (χ0n) is 14.2. The molecule has 2 aliphatic heterocycles. The number of thioether (sulfide) groups is 1. The van der Waals surface area contributed by atoms with E-state index < -0.39 is 0 Å². The molecule has 0 radical (unpaired) electrons. The van der Waals surface area contributed by atoms with Crippen molar-refractivity contribution in [1.29, 1.82) is 0 Å². The van der Waals surface area contributed by atoms with Crippen LogP contribution in [0.4, 0.5) is 4.79 Å². The van der Waals surface area contributed by atoms with Crippen molar-refractivity contribution in [2.24, 2.45) is 11.8 Å². The fraction of sp³-hybridized carbons (Fsp3) is 0.556. The molecule has 4 atom stereocenters. The summed E-state index contributed by atoms with van der Waals surface area (Å²) in [6.45, 7) is 7.28. The first-order chi connectivity index (χ1) is 11.5. The molecule has 0 spiro atoms. The van der Waals surface area contributed by atoms with Crippen LogP contribution in [0.15, 0.2) is 30.3 Å². The quantitative estimate of drug-likeness (QED) is 0.875. The fourth-order valence-electron chi connectivity index (χ4n) is 3.72. The van der Waals surface area contributed by atoms with Gasteiger partial charge in [-0.3, -0.25) is 14.5 Å². The van der Waals surface area contributed by atoms with Crippen molar-refractivity contribution in [3.8, 4) is 0 Å². The number of piperidine rings is 1. The van der Waals surface area contributed by atoms with Crippen molar-refractivity contribution in [1.82, 2.24) is 15.5 Å². The summed E-state index contributed by atoms with van der Waals surface area (Å²) in [5, 5.41) is 5.78. The van der Waals surface area contributed by atoms with Crippen LogP contribution >= 0.6 is 11.8 Å². The van der Waals surface area contributed by atoms with Gasteiger partial charge in [-0.15, -0.1) is 0 Å². The van der Waals surface area contributed by atoms with Crippen molar-refractivity contribution >= 4 is 22.9 Å². The molecule has 0 bridgehead atoms. The summed E-state index contributed by atoms with van der Waals surface area (Å²) in [4.78, 5) is 26.1. The Morgan fingerprint density at radius 3 is 2.50 bits per heavy atom. The van der Waals surface area contributed by atoms with E-state index in [2.05, 4.69) is 53.6 Å². The normalized spacial score (nSPS) is 30.8. The third-order valence-corrected chi connectivity index (χ3v) is 5.75. The Kier molecular flexibility index (Phi) is 5.46. The third kappa shape index (κ3) is 4.11. The van der Waals surface area contributed by atoms with Crippen LogP contribution in [-0.4, -0.2) is 47.0 Å². The highest BCUT2D eigenvalue weighted by atomic mass is 32.2. The monoisotopic (exact) mass is 347 g/mol. The number of hydrogen-bond donors (Lipinski definition) is 2. The van der Waals surface area contributed by atoms with E-state index in [-0.39, 0.29) is 23.2 Å². The molecule has 0 saturated carbocycles. The Hall–Kier alpha value is -1.53. The van der Waals surface area contributed by atoms with Gasteiger partial charge in [-0.2, -0.15) is 0 Å². The van der Waals surface area contributed by atoms with Gasteiger partial charge in [0.25, 0.3) is 5.24 Å². The van der Waals surface area contributed by atoms with E-state index in [9.17, 15) is 9.59 Å². The summed E-state index contributed by atoms with van der Waals surface area (Å²) in [5.41, 5.74) is 1.32. The van der Waals surface area contributed by atoms with E-state index in [1.807, 2.05) is 6.07 Å². The molecule has 1 aromatic carbocycles. The van der Waals surface area contributed by atoms with Gasteiger partial charge in [0, 0.05) is 31.4 Å². The molecule has 3 rings (SSSR count). The number of nitrogens with one attached hydrogen (secondary N) is 2. The van der Waals surface area contributed by atoms with Gasteiger partial charge < -0.3 is 10.6 Å². The van der Waals surface area contributed by atoms with E-state index >= 15 is 0 Å². The van der Waals surface area contributed by atoms with Crippen molar-refractivity contribution in [3.05, 3.63) is 35.9 Å². The first kappa shape index (κ1) is 17.3. The summed E-state index contributed by atoms with van der Waals surface area (Å²) >= 11 is 1.18. The maximum atomic E-state index is 12.4. The van der Waals surface area contributed by atoms with Gasteiger partial charge >= 0.3 is 0 Å². The lowest BCUT2D eigenvalue weighted by Crippen LogP contribution is -2.57. The van der Waals surface area contributed by atoms with Gasteiger partial charge in [-0.1, -0.05) is 55.9 Å². The van der Waals surface area contributed by atoms with Crippen molar-refractivity contribution < 1.29 is 9.59 Å². The zero-order chi connectivity index (χ0) is 17.1. The van der Waals surface area contributed by atoms with Gasteiger partial charge in [-0.05, 0) is 17.4 Å². The van der Waals surface area contributed by atoms with E-state index in [1.165, 1.54) is 17.3 Å². The minimum Gasteiger partial charge on any atom is -0.351 e. The molecule has 2 heterocycles. The molecule has 5 nitrogen and oxygen atoms in total. The molecule has 1 aromatic rings. The Morgan fingerprint density at radius 2 is 1.92 bits per heavy atom. The summed E-state index contributed by atoms with van der Waals surface area (Å²) in [5.74, 6) is 1.24. The SMILES string of the molecule is C[C@@H]1CN(Cc2ccccc2)C[C@H](C)C1NC(=O)[C@H]1CSC(=O)N1. The van der Waals surface area contributed by atoms with Gasteiger partial charge in [0.1, 0.15) is 6.04 Å². The molecule has 2 amide bonds. The van der Waals surface area contributed by atoms with Crippen LogP contribution in [-0.2, 0) is 11.3 Å². The standard InChI is InChI=1S/C18H25N3O2S/c1-12-8-21(10-14-6-4-3-5-7-14)9-13(2)16(12)20-17(22)15-11-24-18(23)19-15/h3-7,12-13,15-16H,8-11H2,1-2H3,(H,19,23)(H,20,22)/t12-,13+,15-,16?/m1/s1. The van der Waals surface area contributed by atoms with Crippen LogP contribution in [0, 0.1) is 11.8 Å². The number of nitrogens with zero attached hydrogens (tertiary/aromatic N) is 1. The van der Waals surface area contributed by atoms with Gasteiger partial charge in [0.2, 0.25) is 5.91 Å². The molecule has 2 aliphatic rings. The maximum absolute atomic E-state index is 12.4. The molecule has 0 aromatic heterocycles. The highest BCUT2D eigenvalue weighted by Crippen LogP contribution is 2.24. The molecule has 1 unspecified atom stereocenters.